The molecule has 2 rings (SSSR count). The van der Waals surface area contributed by atoms with E-state index >= 15 is 0 Å². The van der Waals surface area contributed by atoms with Gasteiger partial charge in [-0.2, -0.15) is 0 Å². The zero-order valence-corrected chi connectivity index (χ0v) is 10.8. The Morgan fingerprint density at radius 2 is 2.00 bits per heavy atom. The van der Waals surface area contributed by atoms with Crippen molar-refractivity contribution in [2.75, 3.05) is 6.54 Å². The molecule has 0 aliphatic heterocycles. The number of hydrogen-bond donors (Lipinski definition) is 1. The first kappa shape index (κ1) is 12.1. The summed E-state index contributed by atoms with van der Waals surface area (Å²) in [4.78, 5) is 1.39. The lowest BCUT2D eigenvalue weighted by molar-refractivity contribution is 0.628. The standard InChI is InChI=1S/C15H17NS/c1-13(15-10-6-12-17-15)16-11-5-9-14-7-3-2-4-8-14/h2-10,12-13,16H,11H2,1H3/b9-5+/t13-/m0/s1. The fourth-order valence-electron chi connectivity index (χ4n) is 1.64. The van der Waals surface area contributed by atoms with Crippen molar-refractivity contribution in [1.29, 1.82) is 0 Å². The van der Waals surface area contributed by atoms with Gasteiger partial charge in [-0.1, -0.05) is 48.6 Å². The summed E-state index contributed by atoms with van der Waals surface area (Å²) in [5, 5.41) is 5.60. The molecule has 88 valence electrons. The third kappa shape index (κ3) is 3.84. The molecule has 0 unspecified atom stereocenters. The van der Waals surface area contributed by atoms with Gasteiger partial charge in [-0.15, -0.1) is 11.3 Å². The van der Waals surface area contributed by atoms with Gasteiger partial charge in [0.2, 0.25) is 0 Å². The van der Waals surface area contributed by atoms with Crippen LogP contribution in [0.1, 0.15) is 23.4 Å². The molecule has 1 atom stereocenters. The number of hydrogen-bond acceptors (Lipinski definition) is 2. The van der Waals surface area contributed by atoms with Crippen molar-refractivity contribution < 1.29 is 0 Å². The molecule has 0 radical (unpaired) electrons. The second-order valence-corrected chi connectivity index (χ2v) is 4.94. The van der Waals surface area contributed by atoms with Gasteiger partial charge >= 0.3 is 0 Å². The number of thiophene rings is 1. The van der Waals surface area contributed by atoms with E-state index in [1.165, 1.54) is 10.4 Å². The molecular weight excluding hydrogens is 226 g/mol. The minimum atomic E-state index is 0.426. The molecule has 2 aromatic rings. The summed E-state index contributed by atoms with van der Waals surface area (Å²) in [5.41, 5.74) is 1.25. The van der Waals surface area contributed by atoms with Crippen molar-refractivity contribution in [3.63, 3.8) is 0 Å². The quantitative estimate of drug-likeness (QED) is 0.833. The average molecular weight is 243 g/mol. The highest BCUT2D eigenvalue weighted by Gasteiger charge is 2.02. The van der Waals surface area contributed by atoms with E-state index in [-0.39, 0.29) is 0 Å². The van der Waals surface area contributed by atoms with Crippen LogP contribution in [0.15, 0.2) is 53.9 Å². The third-order valence-corrected chi connectivity index (χ3v) is 3.68. The van der Waals surface area contributed by atoms with E-state index in [0.29, 0.717) is 6.04 Å². The molecule has 1 aromatic carbocycles. The molecule has 0 saturated heterocycles. The topological polar surface area (TPSA) is 12.0 Å². The fourth-order valence-corrected chi connectivity index (χ4v) is 2.40. The fraction of sp³-hybridized carbons (Fsp3) is 0.200. The lowest BCUT2D eigenvalue weighted by atomic mass is 10.2. The Bertz CT molecular complexity index is 445. The summed E-state index contributed by atoms with van der Waals surface area (Å²) < 4.78 is 0. The first-order valence-electron chi connectivity index (χ1n) is 5.84. The predicted octanol–water partition coefficient (Wildman–Crippen LogP) is 4.11. The van der Waals surface area contributed by atoms with Crippen molar-refractivity contribution in [3.8, 4) is 0 Å². The molecule has 0 amide bonds. The van der Waals surface area contributed by atoms with Crippen LogP contribution in [0.25, 0.3) is 6.08 Å². The molecule has 1 nitrogen and oxygen atoms in total. The molecule has 0 aliphatic carbocycles. The second-order valence-electron chi connectivity index (χ2n) is 3.96. The van der Waals surface area contributed by atoms with Crippen molar-refractivity contribution in [3.05, 3.63) is 64.4 Å². The van der Waals surface area contributed by atoms with Crippen LogP contribution in [-0.2, 0) is 0 Å². The third-order valence-electron chi connectivity index (χ3n) is 2.62. The maximum atomic E-state index is 3.48. The Balaban J connectivity index is 1.78. The van der Waals surface area contributed by atoms with Gasteiger partial charge in [0.05, 0.1) is 0 Å². The molecule has 1 N–H and O–H groups in total. The van der Waals surface area contributed by atoms with Gasteiger partial charge in [-0.25, -0.2) is 0 Å². The van der Waals surface area contributed by atoms with E-state index in [2.05, 4.69) is 66.2 Å². The molecule has 0 saturated carbocycles. The minimum Gasteiger partial charge on any atom is -0.306 e. The van der Waals surface area contributed by atoms with Crippen molar-refractivity contribution in [2.45, 2.75) is 13.0 Å². The van der Waals surface area contributed by atoms with Gasteiger partial charge in [0.1, 0.15) is 0 Å². The molecule has 0 fully saturated rings. The first-order chi connectivity index (χ1) is 8.36. The highest BCUT2D eigenvalue weighted by Crippen LogP contribution is 2.17. The summed E-state index contributed by atoms with van der Waals surface area (Å²) in [7, 11) is 0. The van der Waals surface area contributed by atoms with E-state index in [4.69, 9.17) is 0 Å². The zero-order valence-electron chi connectivity index (χ0n) is 9.97. The molecule has 0 bridgehead atoms. The van der Waals surface area contributed by atoms with Crippen LogP contribution in [0.4, 0.5) is 0 Å². The van der Waals surface area contributed by atoms with Crippen molar-refractivity contribution in [1.82, 2.24) is 5.32 Å². The first-order valence-corrected chi connectivity index (χ1v) is 6.72. The lowest BCUT2D eigenvalue weighted by Crippen LogP contribution is -2.17. The van der Waals surface area contributed by atoms with Crippen LogP contribution in [0.2, 0.25) is 0 Å². The van der Waals surface area contributed by atoms with Crippen LogP contribution in [0.5, 0.6) is 0 Å². The summed E-state index contributed by atoms with van der Waals surface area (Å²) in [6, 6.07) is 15.1. The predicted molar refractivity (Wildman–Crippen MR) is 76.2 cm³/mol. The van der Waals surface area contributed by atoms with Gasteiger partial charge in [0.15, 0.2) is 0 Å². The average Bonchev–Trinajstić information content (AvgIpc) is 2.89. The normalized spacial score (nSPS) is 13.0. The largest absolute Gasteiger partial charge is 0.306 e. The number of benzene rings is 1. The molecular formula is C15H17NS. The maximum Gasteiger partial charge on any atom is 0.0388 e. The molecule has 2 heteroatoms. The van der Waals surface area contributed by atoms with Crippen molar-refractivity contribution >= 4 is 17.4 Å². The minimum absolute atomic E-state index is 0.426. The van der Waals surface area contributed by atoms with E-state index in [1.54, 1.807) is 11.3 Å². The second kappa shape index (κ2) is 6.38. The van der Waals surface area contributed by atoms with Gasteiger partial charge in [-0.3, -0.25) is 0 Å². The Hall–Kier alpha value is -1.38. The Morgan fingerprint density at radius 3 is 2.71 bits per heavy atom. The Labute approximate surface area is 107 Å². The van der Waals surface area contributed by atoms with Crippen LogP contribution < -0.4 is 5.32 Å². The maximum absolute atomic E-state index is 3.48. The smallest absolute Gasteiger partial charge is 0.0388 e. The zero-order chi connectivity index (χ0) is 11.9. The van der Waals surface area contributed by atoms with Gasteiger partial charge in [0, 0.05) is 17.5 Å². The molecule has 17 heavy (non-hydrogen) atoms. The van der Waals surface area contributed by atoms with Crippen LogP contribution in [0, 0.1) is 0 Å². The van der Waals surface area contributed by atoms with E-state index in [9.17, 15) is 0 Å². The van der Waals surface area contributed by atoms with Crippen LogP contribution >= 0.6 is 11.3 Å². The molecule has 0 aliphatic rings. The van der Waals surface area contributed by atoms with E-state index in [0.717, 1.165) is 6.54 Å². The van der Waals surface area contributed by atoms with Gasteiger partial charge in [0.25, 0.3) is 0 Å². The number of rotatable bonds is 5. The Kier molecular flexibility index (Phi) is 4.54. The molecule has 0 spiro atoms. The summed E-state index contributed by atoms with van der Waals surface area (Å²) in [6.45, 7) is 3.09. The van der Waals surface area contributed by atoms with E-state index < -0.39 is 0 Å². The Morgan fingerprint density at radius 1 is 1.18 bits per heavy atom. The highest BCUT2D eigenvalue weighted by molar-refractivity contribution is 7.10. The molecule has 1 aromatic heterocycles. The lowest BCUT2D eigenvalue weighted by Gasteiger charge is -2.09. The van der Waals surface area contributed by atoms with Crippen LogP contribution in [0.3, 0.4) is 0 Å². The summed E-state index contributed by atoms with van der Waals surface area (Å²) in [6.07, 6.45) is 4.31. The van der Waals surface area contributed by atoms with Crippen LogP contribution in [-0.4, -0.2) is 6.54 Å². The van der Waals surface area contributed by atoms with E-state index in [1.807, 2.05) is 6.07 Å². The summed E-state index contributed by atoms with van der Waals surface area (Å²) >= 11 is 1.80. The summed E-state index contributed by atoms with van der Waals surface area (Å²) in [5.74, 6) is 0. The SMILES string of the molecule is C[C@H](NC/C=C/c1ccccc1)c1cccs1. The van der Waals surface area contributed by atoms with Crippen molar-refractivity contribution in [2.24, 2.45) is 0 Å². The highest BCUT2D eigenvalue weighted by atomic mass is 32.1. The molecule has 1 heterocycles. The van der Waals surface area contributed by atoms with Gasteiger partial charge < -0.3 is 5.32 Å². The monoisotopic (exact) mass is 243 g/mol. The van der Waals surface area contributed by atoms with Gasteiger partial charge in [-0.05, 0) is 23.9 Å². The number of nitrogens with one attached hydrogen (secondary N) is 1.